The third-order valence-electron chi connectivity index (χ3n) is 3.97. The van der Waals surface area contributed by atoms with E-state index in [0.29, 0.717) is 50.0 Å². The van der Waals surface area contributed by atoms with Gasteiger partial charge in [-0.1, -0.05) is 0 Å². The minimum atomic E-state index is -0.122. The highest BCUT2D eigenvalue weighted by Gasteiger charge is 2.16. The molecule has 25 heavy (non-hydrogen) atoms. The highest BCUT2D eigenvalue weighted by Crippen LogP contribution is 2.21. The van der Waals surface area contributed by atoms with Gasteiger partial charge in [-0.05, 0) is 24.3 Å². The van der Waals surface area contributed by atoms with Crippen LogP contribution in [0.3, 0.4) is 0 Å². The SMILES string of the molecule is Cn1c(-c2ccc(NN(N)C=O)cc2)nc(N2CCOCC2)cc1=O. The first-order valence-electron chi connectivity index (χ1n) is 7.85. The zero-order chi connectivity index (χ0) is 17.8. The molecule has 0 atom stereocenters. The number of nitrogens with zero attached hydrogens (tertiary/aromatic N) is 4. The zero-order valence-electron chi connectivity index (χ0n) is 13.9. The molecule has 3 N–H and O–H groups in total. The van der Waals surface area contributed by atoms with Crippen molar-refractivity contribution in [3.63, 3.8) is 0 Å². The number of anilines is 2. The molecule has 2 aromatic rings. The van der Waals surface area contributed by atoms with Crippen LogP contribution in [0.1, 0.15) is 0 Å². The second-order valence-electron chi connectivity index (χ2n) is 5.64. The molecule has 0 bridgehead atoms. The standard InChI is InChI=1S/C16H20N6O3/c1-20-15(24)10-14(21-6-8-25-9-7-21)18-16(20)12-2-4-13(5-3-12)19-22(17)11-23/h2-5,10-11,19H,6-9,17H2,1H3. The smallest absolute Gasteiger partial charge is 0.255 e. The fourth-order valence-electron chi connectivity index (χ4n) is 2.61. The van der Waals surface area contributed by atoms with Crippen molar-refractivity contribution in [3.8, 4) is 11.4 Å². The van der Waals surface area contributed by atoms with E-state index in [0.717, 1.165) is 10.7 Å². The maximum Gasteiger partial charge on any atom is 0.255 e. The van der Waals surface area contributed by atoms with E-state index in [1.54, 1.807) is 25.2 Å². The minimum absolute atomic E-state index is 0.122. The van der Waals surface area contributed by atoms with E-state index in [9.17, 15) is 9.59 Å². The number of rotatable bonds is 5. The molecular weight excluding hydrogens is 324 g/mol. The van der Waals surface area contributed by atoms with E-state index in [2.05, 4.69) is 10.4 Å². The molecule has 1 amide bonds. The summed E-state index contributed by atoms with van der Waals surface area (Å²) in [7, 11) is 1.69. The van der Waals surface area contributed by atoms with E-state index in [1.807, 2.05) is 17.0 Å². The molecule has 0 radical (unpaired) electrons. The second-order valence-corrected chi connectivity index (χ2v) is 5.64. The van der Waals surface area contributed by atoms with Crippen LogP contribution in [-0.2, 0) is 16.6 Å². The number of carbonyl (C=O) groups is 1. The van der Waals surface area contributed by atoms with Gasteiger partial charge in [0.05, 0.1) is 18.9 Å². The number of aromatic nitrogens is 2. The van der Waals surface area contributed by atoms with Crippen molar-refractivity contribution in [2.24, 2.45) is 12.9 Å². The van der Waals surface area contributed by atoms with Gasteiger partial charge >= 0.3 is 0 Å². The van der Waals surface area contributed by atoms with Gasteiger partial charge in [-0.25, -0.2) is 10.8 Å². The summed E-state index contributed by atoms with van der Waals surface area (Å²) in [5, 5.41) is 0.821. The summed E-state index contributed by atoms with van der Waals surface area (Å²) in [6.07, 6.45) is 0.463. The summed E-state index contributed by atoms with van der Waals surface area (Å²) in [4.78, 5) is 29.6. The van der Waals surface area contributed by atoms with Crippen molar-refractivity contribution in [1.29, 1.82) is 0 Å². The van der Waals surface area contributed by atoms with Gasteiger partial charge in [0.15, 0.2) is 0 Å². The Bertz CT molecular complexity index is 799. The topological polar surface area (TPSA) is 106 Å². The van der Waals surface area contributed by atoms with Crippen molar-refractivity contribution in [2.45, 2.75) is 0 Å². The molecule has 1 aliphatic rings. The lowest BCUT2D eigenvalue weighted by Crippen LogP contribution is -2.38. The van der Waals surface area contributed by atoms with Crippen LogP contribution in [0, 0.1) is 0 Å². The molecule has 132 valence electrons. The summed E-state index contributed by atoms with van der Waals surface area (Å²) in [6, 6.07) is 8.68. The summed E-state index contributed by atoms with van der Waals surface area (Å²) in [6.45, 7) is 2.67. The lowest BCUT2D eigenvalue weighted by Gasteiger charge is -2.28. The quantitative estimate of drug-likeness (QED) is 0.339. The summed E-state index contributed by atoms with van der Waals surface area (Å²) < 4.78 is 6.85. The van der Waals surface area contributed by atoms with E-state index in [4.69, 9.17) is 10.6 Å². The van der Waals surface area contributed by atoms with Gasteiger partial charge in [-0.3, -0.25) is 19.6 Å². The van der Waals surface area contributed by atoms with Crippen LogP contribution in [-0.4, -0.2) is 47.4 Å². The molecule has 1 aromatic heterocycles. The van der Waals surface area contributed by atoms with Crippen molar-refractivity contribution in [1.82, 2.24) is 14.7 Å². The Morgan fingerprint density at radius 2 is 1.96 bits per heavy atom. The Labute approximate surface area is 144 Å². The lowest BCUT2D eigenvalue weighted by atomic mass is 10.2. The number of morpholine rings is 1. The Morgan fingerprint density at radius 3 is 2.60 bits per heavy atom. The van der Waals surface area contributed by atoms with Gasteiger partial charge in [0.2, 0.25) is 6.41 Å². The molecule has 1 aromatic carbocycles. The maximum absolute atomic E-state index is 12.3. The fraction of sp³-hybridized carbons (Fsp3) is 0.312. The van der Waals surface area contributed by atoms with Crippen molar-refractivity contribution in [2.75, 3.05) is 36.6 Å². The highest BCUT2D eigenvalue weighted by atomic mass is 16.5. The largest absolute Gasteiger partial charge is 0.378 e. The summed E-state index contributed by atoms with van der Waals surface area (Å²) >= 11 is 0. The third-order valence-corrected chi connectivity index (χ3v) is 3.97. The summed E-state index contributed by atoms with van der Waals surface area (Å²) in [5.41, 5.74) is 4.00. The van der Waals surface area contributed by atoms with Gasteiger partial charge < -0.3 is 9.64 Å². The monoisotopic (exact) mass is 344 g/mol. The Morgan fingerprint density at radius 1 is 1.28 bits per heavy atom. The van der Waals surface area contributed by atoms with Crippen LogP contribution in [0.5, 0.6) is 0 Å². The first-order chi connectivity index (χ1) is 12.1. The number of ether oxygens (including phenoxy) is 1. The van der Waals surface area contributed by atoms with E-state index in [-0.39, 0.29) is 5.56 Å². The molecule has 0 aliphatic carbocycles. The molecular formula is C16H20N6O3. The highest BCUT2D eigenvalue weighted by molar-refractivity contribution is 5.62. The first-order valence-corrected chi connectivity index (χ1v) is 7.85. The van der Waals surface area contributed by atoms with Gasteiger partial charge in [0.25, 0.3) is 5.56 Å². The third kappa shape index (κ3) is 3.78. The van der Waals surface area contributed by atoms with Gasteiger partial charge in [-0.2, -0.15) is 5.12 Å². The predicted octanol–water partition coefficient (Wildman–Crippen LogP) is -0.0571. The van der Waals surface area contributed by atoms with Crippen LogP contribution < -0.4 is 21.7 Å². The number of nitrogens with two attached hydrogens (primary N) is 1. The number of amides is 1. The predicted molar refractivity (Wildman–Crippen MR) is 93.7 cm³/mol. The number of hydrogen-bond donors (Lipinski definition) is 2. The molecule has 0 spiro atoms. The molecule has 0 saturated carbocycles. The maximum atomic E-state index is 12.3. The molecule has 1 fully saturated rings. The van der Waals surface area contributed by atoms with Gasteiger partial charge in [0.1, 0.15) is 11.6 Å². The minimum Gasteiger partial charge on any atom is -0.378 e. The molecule has 1 aliphatic heterocycles. The van der Waals surface area contributed by atoms with Crippen LogP contribution in [0.2, 0.25) is 0 Å². The van der Waals surface area contributed by atoms with Gasteiger partial charge in [-0.15, -0.1) is 0 Å². The average molecular weight is 344 g/mol. The van der Waals surface area contributed by atoms with Crippen molar-refractivity contribution >= 4 is 17.9 Å². The normalized spacial score (nSPS) is 14.2. The Hall–Kier alpha value is -2.91. The molecule has 2 heterocycles. The summed E-state index contributed by atoms with van der Waals surface area (Å²) in [5.74, 6) is 6.60. The van der Waals surface area contributed by atoms with E-state index >= 15 is 0 Å². The van der Waals surface area contributed by atoms with Crippen molar-refractivity contribution < 1.29 is 9.53 Å². The number of carbonyl (C=O) groups excluding carboxylic acids is 1. The zero-order valence-corrected chi connectivity index (χ0v) is 13.9. The molecule has 9 heteroatoms. The molecule has 9 nitrogen and oxygen atoms in total. The van der Waals surface area contributed by atoms with Crippen LogP contribution in [0.4, 0.5) is 11.5 Å². The molecule has 0 unspecified atom stereocenters. The van der Waals surface area contributed by atoms with Crippen LogP contribution in [0.15, 0.2) is 35.1 Å². The Balaban J connectivity index is 1.91. The van der Waals surface area contributed by atoms with E-state index < -0.39 is 0 Å². The molecule has 1 saturated heterocycles. The lowest BCUT2D eigenvalue weighted by molar-refractivity contribution is -0.117. The fourth-order valence-corrected chi connectivity index (χ4v) is 2.61. The number of hydrogen-bond acceptors (Lipinski definition) is 7. The molecule has 3 rings (SSSR count). The van der Waals surface area contributed by atoms with Crippen LogP contribution >= 0.6 is 0 Å². The number of hydrazine groups is 2. The van der Waals surface area contributed by atoms with Crippen LogP contribution in [0.25, 0.3) is 11.4 Å². The van der Waals surface area contributed by atoms with E-state index in [1.165, 1.54) is 4.57 Å². The Kier molecular flexibility index (Phi) is 4.96. The van der Waals surface area contributed by atoms with Gasteiger partial charge in [0, 0.05) is 31.8 Å². The number of benzene rings is 1. The number of nitrogens with one attached hydrogen (secondary N) is 1. The van der Waals surface area contributed by atoms with Crippen molar-refractivity contribution in [3.05, 3.63) is 40.7 Å². The average Bonchev–Trinajstić information content (AvgIpc) is 2.65. The first kappa shape index (κ1) is 16.9. The second kappa shape index (κ2) is 7.32.